The summed E-state index contributed by atoms with van der Waals surface area (Å²) in [5.74, 6) is 0.845. The fourth-order valence-electron chi connectivity index (χ4n) is 2.05. The Balaban J connectivity index is 2.04. The van der Waals surface area contributed by atoms with Crippen LogP contribution >= 0.6 is 0 Å². The maximum atomic E-state index is 12.2. The van der Waals surface area contributed by atoms with Crippen LogP contribution in [0.2, 0.25) is 0 Å². The van der Waals surface area contributed by atoms with Gasteiger partial charge in [0.1, 0.15) is 11.5 Å². The van der Waals surface area contributed by atoms with E-state index in [4.69, 9.17) is 9.47 Å². The number of ketones is 1. The lowest BCUT2D eigenvalue weighted by atomic mass is 10.1. The Labute approximate surface area is 135 Å². The molecule has 0 fully saturated rings. The molecule has 0 saturated heterocycles. The van der Waals surface area contributed by atoms with Crippen molar-refractivity contribution in [2.75, 3.05) is 12.4 Å². The second kappa shape index (κ2) is 7.45. The van der Waals surface area contributed by atoms with Crippen molar-refractivity contribution < 1.29 is 19.1 Å². The number of carbonyl (C=O) groups excluding carboxylic acids is 2. The highest BCUT2D eigenvalue weighted by molar-refractivity contribution is 6.04. The van der Waals surface area contributed by atoms with Gasteiger partial charge in [0.2, 0.25) is 0 Å². The normalized spacial score (nSPS) is 11.4. The van der Waals surface area contributed by atoms with Gasteiger partial charge < -0.3 is 14.8 Å². The average molecular weight is 313 g/mol. The third-order valence-electron chi connectivity index (χ3n) is 3.31. The summed E-state index contributed by atoms with van der Waals surface area (Å²) in [6.45, 7) is 3.11. The average Bonchev–Trinajstić information content (AvgIpc) is 2.55. The number of amides is 1. The third-order valence-corrected chi connectivity index (χ3v) is 3.31. The van der Waals surface area contributed by atoms with E-state index in [0.29, 0.717) is 22.7 Å². The standard InChI is InChI=1S/C18H19NO4/c1-12(20)16-6-4-5-7-17(16)19-18(21)13(2)23-15-10-8-14(22-3)9-11-15/h4-11,13H,1-3H3,(H,19,21). The molecule has 0 heterocycles. The molecule has 5 nitrogen and oxygen atoms in total. The summed E-state index contributed by atoms with van der Waals surface area (Å²) in [4.78, 5) is 23.8. The number of Topliss-reactive ketones (excluding diaryl/α,β-unsaturated/α-hetero) is 1. The molecule has 1 unspecified atom stereocenters. The van der Waals surface area contributed by atoms with Gasteiger partial charge in [0.05, 0.1) is 12.8 Å². The zero-order chi connectivity index (χ0) is 16.8. The van der Waals surface area contributed by atoms with Gasteiger partial charge in [0, 0.05) is 5.56 Å². The van der Waals surface area contributed by atoms with Crippen molar-refractivity contribution in [3.8, 4) is 11.5 Å². The van der Waals surface area contributed by atoms with Gasteiger partial charge >= 0.3 is 0 Å². The smallest absolute Gasteiger partial charge is 0.265 e. The monoisotopic (exact) mass is 313 g/mol. The van der Waals surface area contributed by atoms with E-state index in [0.717, 1.165) is 0 Å². The molecule has 120 valence electrons. The molecule has 0 bridgehead atoms. The molecule has 0 radical (unpaired) electrons. The first-order valence-corrected chi connectivity index (χ1v) is 7.23. The third kappa shape index (κ3) is 4.32. The van der Waals surface area contributed by atoms with Crippen LogP contribution in [0.4, 0.5) is 5.69 Å². The summed E-state index contributed by atoms with van der Waals surface area (Å²) < 4.78 is 10.7. The Morgan fingerprint density at radius 3 is 2.22 bits per heavy atom. The van der Waals surface area contributed by atoms with Crippen molar-refractivity contribution in [1.82, 2.24) is 0 Å². The van der Waals surface area contributed by atoms with Crippen LogP contribution in [0.25, 0.3) is 0 Å². The Morgan fingerprint density at radius 2 is 1.61 bits per heavy atom. The Bertz CT molecular complexity index is 694. The van der Waals surface area contributed by atoms with Gasteiger partial charge in [-0.1, -0.05) is 12.1 Å². The molecule has 0 spiro atoms. The number of ether oxygens (including phenoxy) is 2. The van der Waals surface area contributed by atoms with E-state index in [1.54, 1.807) is 62.6 Å². The molecule has 0 aliphatic heterocycles. The van der Waals surface area contributed by atoms with Gasteiger partial charge in [-0.3, -0.25) is 9.59 Å². The van der Waals surface area contributed by atoms with E-state index in [1.807, 2.05) is 0 Å². The lowest BCUT2D eigenvalue weighted by Crippen LogP contribution is -2.30. The fourth-order valence-corrected chi connectivity index (χ4v) is 2.05. The number of hydrogen-bond donors (Lipinski definition) is 1. The number of carbonyl (C=O) groups is 2. The van der Waals surface area contributed by atoms with Crippen LogP contribution in [-0.2, 0) is 4.79 Å². The van der Waals surface area contributed by atoms with Crippen LogP contribution in [0.5, 0.6) is 11.5 Å². The lowest BCUT2D eigenvalue weighted by Gasteiger charge is -2.16. The number of hydrogen-bond acceptors (Lipinski definition) is 4. The maximum absolute atomic E-state index is 12.2. The second-order valence-electron chi connectivity index (χ2n) is 5.03. The largest absolute Gasteiger partial charge is 0.497 e. The summed E-state index contributed by atoms with van der Waals surface area (Å²) in [6.07, 6.45) is -0.705. The van der Waals surface area contributed by atoms with Crippen LogP contribution < -0.4 is 14.8 Å². The van der Waals surface area contributed by atoms with Crippen molar-refractivity contribution in [3.05, 3.63) is 54.1 Å². The van der Waals surface area contributed by atoms with E-state index in [9.17, 15) is 9.59 Å². The molecule has 2 aromatic rings. The molecule has 5 heteroatoms. The van der Waals surface area contributed by atoms with Gasteiger partial charge in [-0.2, -0.15) is 0 Å². The number of methoxy groups -OCH3 is 1. The second-order valence-corrected chi connectivity index (χ2v) is 5.03. The van der Waals surface area contributed by atoms with Crippen LogP contribution in [0.1, 0.15) is 24.2 Å². The van der Waals surface area contributed by atoms with E-state index in [2.05, 4.69) is 5.32 Å². The topological polar surface area (TPSA) is 64.6 Å². The summed E-state index contributed by atoms with van der Waals surface area (Å²) in [5.41, 5.74) is 0.952. The molecule has 1 amide bonds. The van der Waals surface area contributed by atoms with Crippen molar-refractivity contribution in [2.24, 2.45) is 0 Å². The number of para-hydroxylation sites is 1. The highest BCUT2D eigenvalue weighted by Crippen LogP contribution is 2.19. The predicted octanol–water partition coefficient (Wildman–Crippen LogP) is 3.30. The minimum Gasteiger partial charge on any atom is -0.497 e. The van der Waals surface area contributed by atoms with E-state index in [1.165, 1.54) is 6.92 Å². The van der Waals surface area contributed by atoms with E-state index < -0.39 is 6.10 Å². The molecule has 2 rings (SSSR count). The van der Waals surface area contributed by atoms with Crippen LogP contribution in [-0.4, -0.2) is 24.9 Å². The lowest BCUT2D eigenvalue weighted by molar-refractivity contribution is -0.122. The summed E-state index contributed by atoms with van der Waals surface area (Å²) in [5, 5.41) is 2.72. The number of anilines is 1. The molecule has 1 atom stereocenters. The first-order chi connectivity index (χ1) is 11.0. The summed E-state index contributed by atoms with van der Waals surface area (Å²) in [7, 11) is 1.58. The van der Waals surface area contributed by atoms with Crippen LogP contribution in [0, 0.1) is 0 Å². The highest BCUT2D eigenvalue weighted by Gasteiger charge is 2.17. The molecule has 0 aliphatic carbocycles. The van der Waals surface area contributed by atoms with Gasteiger partial charge in [0.25, 0.3) is 5.91 Å². The Kier molecular flexibility index (Phi) is 5.36. The number of rotatable bonds is 6. The molecule has 0 aromatic heterocycles. The number of benzene rings is 2. The Hall–Kier alpha value is -2.82. The molecule has 23 heavy (non-hydrogen) atoms. The minimum absolute atomic E-state index is 0.107. The molecule has 0 aliphatic rings. The van der Waals surface area contributed by atoms with E-state index in [-0.39, 0.29) is 11.7 Å². The van der Waals surface area contributed by atoms with Crippen LogP contribution in [0.3, 0.4) is 0 Å². The van der Waals surface area contributed by atoms with Crippen molar-refractivity contribution in [3.63, 3.8) is 0 Å². The van der Waals surface area contributed by atoms with Gasteiger partial charge in [-0.25, -0.2) is 0 Å². The predicted molar refractivity (Wildman–Crippen MR) is 88.2 cm³/mol. The minimum atomic E-state index is -0.705. The van der Waals surface area contributed by atoms with E-state index >= 15 is 0 Å². The fraction of sp³-hybridized carbons (Fsp3) is 0.222. The zero-order valence-corrected chi connectivity index (χ0v) is 13.3. The number of nitrogens with one attached hydrogen (secondary N) is 1. The van der Waals surface area contributed by atoms with Gasteiger partial charge in [-0.05, 0) is 50.2 Å². The van der Waals surface area contributed by atoms with Gasteiger partial charge in [-0.15, -0.1) is 0 Å². The molecule has 0 saturated carbocycles. The quantitative estimate of drug-likeness (QED) is 0.831. The Morgan fingerprint density at radius 1 is 1.00 bits per heavy atom. The summed E-state index contributed by atoms with van der Waals surface area (Å²) in [6, 6.07) is 13.8. The van der Waals surface area contributed by atoms with Crippen molar-refractivity contribution >= 4 is 17.4 Å². The molecule has 1 N–H and O–H groups in total. The highest BCUT2D eigenvalue weighted by atomic mass is 16.5. The SMILES string of the molecule is COc1ccc(OC(C)C(=O)Nc2ccccc2C(C)=O)cc1. The van der Waals surface area contributed by atoms with Crippen LogP contribution in [0.15, 0.2) is 48.5 Å². The maximum Gasteiger partial charge on any atom is 0.265 e. The van der Waals surface area contributed by atoms with Crippen molar-refractivity contribution in [1.29, 1.82) is 0 Å². The zero-order valence-electron chi connectivity index (χ0n) is 13.3. The molecular weight excluding hydrogens is 294 g/mol. The van der Waals surface area contributed by atoms with Gasteiger partial charge in [0.15, 0.2) is 11.9 Å². The first-order valence-electron chi connectivity index (χ1n) is 7.23. The summed E-state index contributed by atoms with van der Waals surface area (Å²) >= 11 is 0. The molecular formula is C18H19NO4. The first kappa shape index (κ1) is 16.5. The van der Waals surface area contributed by atoms with Crippen molar-refractivity contribution in [2.45, 2.75) is 20.0 Å². The molecule has 2 aromatic carbocycles.